The number of piperidine rings is 1. The second-order valence-corrected chi connectivity index (χ2v) is 11.2. The first-order chi connectivity index (χ1) is 14.5. The predicted octanol–water partition coefficient (Wildman–Crippen LogP) is 0.572. The Morgan fingerprint density at radius 2 is 1.63 bits per heavy atom. The van der Waals surface area contributed by atoms with E-state index < -0.39 is 9.84 Å². The normalized spacial score (nSPS) is 26.6. The molecule has 3 heterocycles. The Morgan fingerprint density at radius 1 is 0.933 bits per heavy atom. The van der Waals surface area contributed by atoms with E-state index in [1.807, 2.05) is 6.07 Å². The monoisotopic (exact) mass is 434 g/mol. The van der Waals surface area contributed by atoms with E-state index in [1.54, 1.807) is 0 Å². The number of sulfone groups is 1. The summed E-state index contributed by atoms with van der Waals surface area (Å²) < 4.78 is 23.4. The molecule has 0 saturated carbocycles. The van der Waals surface area contributed by atoms with Crippen molar-refractivity contribution in [3.63, 3.8) is 0 Å². The van der Waals surface area contributed by atoms with Crippen molar-refractivity contribution in [1.29, 1.82) is 0 Å². The Morgan fingerprint density at radius 3 is 2.27 bits per heavy atom. The molecular formula is C22H34N4O3S. The summed E-state index contributed by atoms with van der Waals surface area (Å²) in [6.45, 7) is 6.83. The molecule has 3 aliphatic rings. The van der Waals surface area contributed by atoms with Crippen molar-refractivity contribution in [2.24, 2.45) is 0 Å². The number of carbonyl (C=O) groups is 1. The van der Waals surface area contributed by atoms with Gasteiger partial charge in [0.1, 0.15) is 0 Å². The second-order valence-electron chi connectivity index (χ2n) is 8.97. The van der Waals surface area contributed by atoms with E-state index in [9.17, 15) is 13.2 Å². The highest BCUT2D eigenvalue weighted by Crippen LogP contribution is 2.19. The third-order valence-electron chi connectivity index (χ3n) is 6.70. The van der Waals surface area contributed by atoms with Crippen LogP contribution in [0.1, 0.15) is 24.8 Å². The van der Waals surface area contributed by atoms with Crippen LogP contribution in [0.15, 0.2) is 30.3 Å². The van der Waals surface area contributed by atoms with Crippen LogP contribution < -0.4 is 5.32 Å². The summed E-state index contributed by atoms with van der Waals surface area (Å²) >= 11 is 0. The van der Waals surface area contributed by atoms with Crippen molar-refractivity contribution in [1.82, 2.24) is 20.0 Å². The zero-order valence-corrected chi connectivity index (χ0v) is 18.5. The minimum Gasteiger partial charge on any atom is -0.352 e. The summed E-state index contributed by atoms with van der Waals surface area (Å²) in [4.78, 5) is 19.5. The number of nitrogens with zero attached hydrogens (tertiary/aromatic N) is 3. The van der Waals surface area contributed by atoms with Gasteiger partial charge in [0.2, 0.25) is 5.91 Å². The van der Waals surface area contributed by atoms with Crippen LogP contribution in [0.4, 0.5) is 0 Å². The summed E-state index contributed by atoms with van der Waals surface area (Å²) in [5, 5.41) is 3.23. The maximum absolute atomic E-state index is 12.5. The molecule has 1 aromatic carbocycles. The fourth-order valence-corrected chi connectivity index (χ4v) is 6.66. The minimum atomic E-state index is -2.84. The molecule has 0 radical (unpaired) electrons. The molecule has 166 valence electrons. The first-order valence-corrected chi connectivity index (χ1v) is 13.0. The van der Waals surface area contributed by atoms with Crippen molar-refractivity contribution in [2.75, 3.05) is 57.3 Å². The lowest BCUT2D eigenvalue weighted by molar-refractivity contribution is -0.123. The van der Waals surface area contributed by atoms with E-state index in [4.69, 9.17) is 0 Å². The molecule has 0 spiro atoms. The number of piperazine rings is 1. The topological polar surface area (TPSA) is 73.0 Å². The van der Waals surface area contributed by atoms with E-state index in [1.165, 1.54) is 5.56 Å². The zero-order chi connectivity index (χ0) is 21.0. The molecular weight excluding hydrogens is 400 g/mol. The molecule has 1 atom stereocenters. The molecule has 8 heteroatoms. The highest BCUT2D eigenvalue weighted by molar-refractivity contribution is 7.91. The van der Waals surface area contributed by atoms with Gasteiger partial charge in [-0.1, -0.05) is 30.3 Å². The summed E-state index contributed by atoms with van der Waals surface area (Å²) in [7, 11) is -2.84. The molecule has 1 aromatic rings. The van der Waals surface area contributed by atoms with Gasteiger partial charge < -0.3 is 5.32 Å². The number of hydrogen-bond acceptors (Lipinski definition) is 6. The van der Waals surface area contributed by atoms with Crippen LogP contribution in [0, 0.1) is 0 Å². The lowest BCUT2D eigenvalue weighted by atomic mass is 10.0. The number of carbonyl (C=O) groups excluding carboxylic acids is 1. The van der Waals surface area contributed by atoms with Crippen LogP contribution in [0.2, 0.25) is 0 Å². The number of nitrogens with one attached hydrogen (secondary N) is 1. The van der Waals surface area contributed by atoms with Gasteiger partial charge >= 0.3 is 0 Å². The lowest BCUT2D eigenvalue weighted by Gasteiger charge is -2.37. The number of benzene rings is 1. The summed E-state index contributed by atoms with van der Waals surface area (Å²) in [6.07, 6.45) is 2.76. The summed E-state index contributed by atoms with van der Waals surface area (Å²) in [6, 6.07) is 11.0. The first-order valence-electron chi connectivity index (χ1n) is 11.2. The van der Waals surface area contributed by atoms with Crippen molar-refractivity contribution in [3.05, 3.63) is 35.9 Å². The van der Waals surface area contributed by atoms with Gasteiger partial charge in [-0.25, -0.2) is 8.42 Å². The molecule has 1 amide bonds. The largest absolute Gasteiger partial charge is 0.352 e. The minimum absolute atomic E-state index is 0.119. The molecule has 3 aliphatic heterocycles. The van der Waals surface area contributed by atoms with E-state index in [2.05, 4.69) is 44.3 Å². The highest BCUT2D eigenvalue weighted by Gasteiger charge is 2.34. The van der Waals surface area contributed by atoms with Gasteiger partial charge in [-0.3, -0.25) is 19.5 Å². The van der Waals surface area contributed by atoms with E-state index in [0.29, 0.717) is 18.1 Å². The van der Waals surface area contributed by atoms with Crippen LogP contribution in [-0.4, -0.2) is 98.4 Å². The molecule has 0 aromatic heterocycles. The fraction of sp³-hybridized carbons (Fsp3) is 0.682. The first kappa shape index (κ1) is 21.7. The molecule has 4 rings (SSSR count). The number of hydrogen-bond donors (Lipinski definition) is 1. The molecule has 3 fully saturated rings. The molecule has 1 N–H and O–H groups in total. The molecule has 30 heavy (non-hydrogen) atoms. The lowest BCUT2D eigenvalue weighted by Crippen LogP contribution is -2.53. The van der Waals surface area contributed by atoms with Crippen LogP contribution in [0.3, 0.4) is 0 Å². The Bertz CT molecular complexity index is 801. The number of rotatable bonds is 6. The maximum Gasteiger partial charge on any atom is 0.234 e. The van der Waals surface area contributed by atoms with Crippen molar-refractivity contribution in [3.8, 4) is 0 Å². The highest BCUT2D eigenvalue weighted by atomic mass is 32.2. The van der Waals surface area contributed by atoms with Crippen LogP contribution in [0.5, 0.6) is 0 Å². The van der Waals surface area contributed by atoms with E-state index in [0.717, 1.165) is 65.1 Å². The number of amides is 1. The van der Waals surface area contributed by atoms with Gasteiger partial charge in [-0.15, -0.1) is 0 Å². The third-order valence-corrected chi connectivity index (χ3v) is 8.45. The molecule has 0 bridgehead atoms. The zero-order valence-electron chi connectivity index (χ0n) is 17.7. The maximum atomic E-state index is 12.5. The van der Waals surface area contributed by atoms with Gasteiger partial charge in [0.15, 0.2) is 9.84 Å². The van der Waals surface area contributed by atoms with Crippen molar-refractivity contribution in [2.45, 2.75) is 37.9 Å². The van der Waals surface area contributed by atoms with Crippen LogP contribution in [-0.2, 0) is 21.2 Å². The average Bonchev–Trinajstić information content (AvgIpc) is 3.10. The average molecular weight is 435 g/mol. The van der Waals surface area contributed by atoms with Gasteiger partial charge in [0, 0.05) is 57.9 Å². The standard InChI is InChI=1S/C22H34N4O3S/c27-22(17-25-11-13-26(14-12-25)21-8-15-30(28,29)18-21)23-20-6-9-24(10-7-20)16-19-4-2-1-3-5-19/h1-5,20-21H,6-18H2,(H,23,27)/t21-/m1/s1. The van der Waals surface area contributed by atoms with E-state index >= 15 is 0 Å². The number of likely N-dealkylation sites (tertiary alicyclic amines) is 1. The van der Waals surface area contributed by atoms with Gasteiger partial charge in [0.25, 0.3) is 0 Å². The molecule has 7 nitrogen and oxygen atoms in total. The Balaban J connectivity index is 1.13. The van der Waals surface area contributed by atoms with Crippen molar-refractivity contribution < 1.29 is 13.2 Å². The predicted molar refractivity (Wildman–Crippen MR) is 118 cm³/mol. The summed E-state index contributed by atoms with van der Waals surface area (Å²) in [5.41, 5.74) is 1.34. The third kappa shape index (κ3) is 6.03. The molecule has 0 aliphatic carbocycles. The van der Waals surface area contributed by atoms with Gasteiger partial charge in [-0.2, -0.15) is 0 Å². The van der Waals surface area contributed by atoms with E-state index in [-0.39, 0.29) is 18.0 Å². The fourth-order valence-electron chi connectivity index (χ4n) is 4.90. The molecule has 0 unspecified atom stereocenters. The second kappa shape index (κ2) is 9.77. The Hall–Kier alpha value is -1.48. The summed E-state index contributed by atoms with van der Waals surface area (Å²) in [5.74, 6) is 0.745. The van der Waals surface area contributed by atoms with Gasteiger partial charge in [-0.05, 0) is 24.8 Å². The Labute approximate surface area is 180 Å². The van der Waals surface area contributed by atoms with Gasteiger partial charge in [0.05, 0.1) is 18.1 Å². The Kier molecular flexibility index (Phi) is 7.08. The smallest absolute Gasteiger partial charge is 0.234 e. The molecule has 3 saturated heterocycles. The van der Waals surface area contributed by atoms with Crippen LogP contribution >= 0.6 is 0 Å². The van der Waals surface area contributed by atoms with Crippen LogP contribution in [0.25, 0.3) is 0 Å². The van der Waals surface area contributed by atoms with Crippen molar-refractivity contribution >= 4 is 15.7 Å². The SMILES string of the molecule is O=C(CN1CCN([C@@H]2CCS(=O)(=O)C2)CC1)NC1CCN(Cc2ccccc2)CC1. The quantitative estimate of drug-likeness (QED) is 0.706.